The van der Waals surface area contributed by atoms with Gasteiger partial charge < -0.3 is 19.9 Å². The average Bonchev–Trinajstić information content (AvgIpc) is 1.93. The SMILES string of the molecule is CNC(COC1COC1)C(=O)O. The van der Waals surface area contributed by atoms with Crippen LogP contribution in [0.25, 0.3) is 0 Å². The molecule has 0 aromatic heterocycles. The van der Waals surface area contributed by atoms with Crippen molar-refractivity contribution in [2.75, 3.05) is 26.9 Å². The van der Waals surface area contributed by atoms with Crippen LogP contribution in [-0.4, -0.2) is 50.1 Å². The smallest absolute Gasteiger partial charge is 0.323 e. The fraction of sp³-hybridized carbons (Fsp3) is 0.857. The molecule has 0 radical (unpaired) electrons. The van der Waals surface area contributed by atoms with Gasteiger partial charge in [-0.25, -0.2) is 0 Å². The van der Waals surface area contributed by atoms with Crippen LogP contribution in [0.1, 0.15) is 0 Å². The summed E-state index contributed by atoms with van der Waals surface area (Å²) in [7, 11) is 1.60. The molecular weight excluding hydrogens is 162 g/mol. The molecule has 0 amide bonds. The molecular formula is C7H13NO4. The predicted octanol–water partition coefficient (Wildman–Crippen LogP) is -0.926. The summed E-state index contributed by atoms with van der Waals surface area (Å²) >= 11 is 0. The molecule has 5 nitrogen and oxygen atoms in total. The molecule has 0 aromatic carbocycles. The quantitative estimate of drug-likeness (QED) is 0.565. The number of hydrogen-bond acceptors (Lipinski definition) is 4. The fourth-order valence-corrected chi connectivity index (χ4v) is 0.821. The molecule has 0 bridgehead atoms. The Morgan fingerprint density at radius 1 is 1.83 bits per heavy atom. The summed E-state index contributed by atoms with van der Waals surface area (Å²) in [4.78, 5) is 10.5. The molecule has 12 heavy (non-hydrogen) atoms. The largest absolute Gasteiger partial charge is 0.480 e. The summed E-state index contributed by atoms with van der Waals surface area (Å²) < 4.78 is 10.1. The number of hydrogen-bond donors (Lipinski definition) is 2. The van der Waals surface area contributed by atoms with Crippen molar-refractivity contribution in [3.8, 4) is 0 Å². The molecule has 0 aromatic rings. The molecule has 2 N–H and O–H groups in total. The molecule has 0 aliphatic carbocycles. The molecule has 1 unspecified atom stereocenters. The van der Waals surface area contributed by atoms with Crippen molar-refractivity contribution in [3.63, 3.8) is 0 Å². The van der Waals surface area contributed by atoms with Crippen molar-refractivity contribution in [2.24, 2.45) is 0 Å². The minimum absolute atomic E-state index is 0.0835. The van der Waals surface area contributed by atoms with Gasteiger partial charge in [-0.2, -0.15) is 0 Å². The lowest BCUT2D eigenvalue weighted by Crippen LogP contribution is -2.43. The second kappa shape index (κ2) is 4.39. The molecule has 70 valence electrons. The van der Waals surface area contributed by atoms with Crippen molar-refractivity contribution in [1.29, 1.82) is 0 Å². The van der Waals surface area contributed by atoms with Crippen LogP contribution in [0, 0.1) is 0 Å². The molecule has 1 saturated heterocycles. The minimum atomic E-state index is -0.891. The molecule has 1 rings (SSSR count). The Hall–Kier alpha value is -0.650. The zero-order chi connectivity index (χ0) is 8.97. The second-order valence-corrected chi connectivity index (χ2v) is 2.67. The molecule has 1 heterocycles. The van der Waals surface area contributed by atoms with Crippen LogP contribution in [0.15, 0.2) is 0 Å². The highest BCUT2D eigenvalue weighted by atomic mass is 16.6. The van der Waals surface area contributed by atoms with Gasteiger partial charge in [-0.1, -0.05) is 0 Å². The molecule has 0 spiro atoms. The zero-order valence-electron chi connectivity index (χ0n) is 6.95. The van der Waals surface area contributed by atoms with Crippen molar-refractivity contribution in [3.05, 3.63) is 0 Å². The van der Waals surface area contributed by atoms with Gasteiger partial charge in [0.05, 0.1) is 19.8 Å². The van der Waals surface area contributed by atoms with Crippen molar-refractivity contribution < 1.29 is 19.4 Å². The van der Waals surface area contributed by atoms with Gasteiger partial charge in [-0.05, 0) is 7.05 Å². The summed E-state index contributed by atoms with van der Waals surface area (Å²) in [6.45, 7) is 1.35. The van der Waals surface area contributed by atoms with E-state index in [1.807, 2.05) is 0 Å². The summed E-state index contributed by atoms with van der Waals surface area (Å²) in [6.07, 6.45) is 0.0835. The Morgan fingerprint density at radius 3 is 2.83 bits per heavy atom. The van der Waals surface area contributed by atoms with Gasteiger partial charge in [0.15, 0.2) is 0 Å². The van der Waals surface area contributed by atoms with Crippen molar-refractivity contribution >= 4 is 5.97 Å². The van der Waals surface area contributed by atoms with Crippen LogP contribution in [0.5, 0.6) is 0 Å². The van der Waals surface area contributed by atoms with Crippen molar-refractivity contribution in [2.45, 2.75) is 12.1 Å². The van der Waals surface area contributed by atoms with E-state index in [1.165, 1.54) is 0 Å². The first-order valence-electron chi connectivity index (χ1n) is 3.83. The van der Waals surface area contributed by atoms with E-state index in [4.69, 9.17) is 14.6 Å². The third-order valence-corrected chi connectivity index (χ3v) is 1.75. The fourth-order valence-electron chi connectivity index (χ4n) is 0.821. The normalized spacial score (nSPS) is 20.1. The predicted molar refractivity (Wildman–Crippen MR) is 41.0 cm³/mol. The van der Waals surface area contributed by atoms with Crippen LogP contribution in [0.2, 0.25) is 0 Å². The van der Waals surface area contributed by atoms with Gasteiger partial charge in [0.1, 0.15) is 12.1 Å². The highest BCUT2D eigenvalue weighted by Gasteiger charge is 2.22. The maximum atomic E-state index is 10.5. The maximum Gasteiger partial charge on any atom is 0.323 e. The lowest BCUT2D eigenvalue weighted by Gasteiger charge is -2.27. The average molecular weight is 175 g/mol. The molecule has 1 aliphatic heterocycles. The Morgan fingerprint density at radius 2 is 2.50 bits per heavy atom. The molecule has 0 saturated carbocycles. The molecule has 1 atom stereocenters. The second-order valence-electron chi connectivity index (χ2n) is 2.67. The number of carbonyl (C=O) groups is 1. The number of ether oxygens (including phenoxy) is 2. The van der Waals surface area contributed by atoms with Gasteiger partial charge in [-0.15, -0.1) is 0 Å². The van der Waals surface area contributed by atoms with Crippen LogP contribution >= 0.6 is 0 Å². The van der Waals surface area contributed by atoms with E-state index in [9.17, 15) is 4.79 Å². The summed E-state index contributed by atoms with van der Waals surface area (Å²) in [5.41, 5.74) is 0. The van der Waals surface area contributed by atoms with E-state index in [0.29, 0.717) is 13.2 Å². The Bertz CT molecular complexity index is 157. The zero-order valence-corrected chi connectivity index (χ0v) is 6.95. The van der Waals surface area contributed by atoms with E-state index >= 15 is 0 Å². The van der Waals surface area contributed by atoms with E-state index in [0.717, 1.165) is 0 Å². The summed E-state index contributed by atoms with van der Waals surface area (Å²) in [5, 5.41) is 11.2. The first-order chi connectivity index (χ1) is 5.74. The van der Waals surface area contributed by atoms with E-state index in [1.54, 1.807) is 7.05 Å². The first kappa shape index (κ1) is 9.44. The van der Waals surface area contributed by atoms with Crippen LogP contribution in [0.4, 0.5) is 0 Å². The van der Waals surface area contributed by atoms with Gasteiger partial charge in [0.2, 0.25) is 0 Å². The topological polar surface area (TPSA) is 67.8 Å². The number of aliphatic carboxylic acids is 1. The minimum Gasteiger partial charge on any atom is -0.480 e. The van der Waals surface area contributed by atoms with Gasteiger partial charge in [0, 0.05) is 0 Å². The number of carboxylic acids is 1. The molecule has 1 fully saturated rings. The monoisotopic (exact) mass is 175 g/mol. The number of carboxylic acid groups (broad SMARTS) is 1. The summed E-state index contributed by atoms with van der Waals surface area (Å²) in [6, 6.07) is -0.620. The Kier molecular flexibility index (Phi) is 3.46. The van der Waals surface area contributed by atoms with E-state index < -0.39 is 12.0 Å². The Labute approximate surface area is 70.7 Å². The molecule has 5 heteroatoms. The standard InChI is InChI=1S/C7H13NO4/c1-8-6(7(9)10)4-12-5-2-11-3-5/h5-6,8H,2-4H2,1H3,(H,9,10). The highest BCUT2D eigenvalue weighted by Crippen LogP contribution is 2.05. The van der Waals surface area contributed by atoms with Crippen molar-refractivity contribution in [1.82, 2.24) is 5.32 Å². The number of nitrogens with one attached hydrogen (secondary N) is 1. The third-order valence-electron chi connectivity index (χ3n) is 1.75. The van der Waals surface area contributed by atoms with Gasteiger partial charge >= 0.3 is 5.97 Å². The lowest BCUT2D eigenvalue weighted by atomic mass is 10.3. The lowest BCUT2D eigenvalue weighted by molar-refractivity contribution is -0.151. The van der Waals surface area contributed by atoms with Crippen LogP contribution < -0.4 is 5.32 Å². The summed E-state index contributed by atoms with van der Waals surface area (Å²) in [5.74, 6) is -0.891. The molecule has 1 aliphatic rings. The van der Waals surface area contributed by atoms with Gasteiger partial charge in [-0.3, -0.25) is 4.79 Å². The third kappa shape index (κ3) is 2.44. The maximum absolute atomic E-state index is 10.5. The van der Waals surface area contributed by atoms with Gasteiger partial charge in [0.25, 0.3) is 0 Å². The highest BCUT2D eigenvalue weighted by molar-refractivity contribution is 5.73. The van der Waals surface area contributed by atoms with Crippen LogP contribution in [0.3, 0.4) is 0 Å². The van der Waals surface area contributed by atoms with E-state index in [2.05, 4.69) is 5.32 Å². The first-order valence-corrected chi connectivity index (χ1v) is 3.83. The van der Waals surface area contributed by atoms with E-state index in [-0.39, 0.29) is 12.7 Å². The number of rotatable bonds is 5. The van der Waals surface area contributed by atoms with Crippen LogP contribution in [-0.2, 0) is 14.3 Å². The number of likely N-dealkylation sites (N-methyl/N-ethyl adjacent to an activating group) is 1. The Balaban J connectivity index is 2.13.